The van der Waals surface area contributed by atoms with Crippen LogP contribution in [0.1, 0.15) is 6.42 Å². The molecule has 8 heteroatoms. The van der Waals surface area contributed by atoms with Gasteiger partial charge in [0.25, 0.3) is 5.92 Å². The number of benzene rings is 1. The Kier molecular flexibility index (Phi) is 3.31. The number of rotatable bonds is 3. The summed E-state index contributed by atoms with van der Waals surface area (Å²) in [6.45, 7) is -1.11. The van der Waals surface area contributed by atoms with Crippen LogP contribution in [0.5, 0.6) is 0 Å². The van der Waals surface area contributed by atoms with Gasteiger partial charge in [-0.15, -0.1) is 0 Å². The molecule has 0 bridgehead atoms. The molecule has 0 radical (unpaired) electrons. The van der Waals surface area contributed by atoms with Crippen LogP contribution in [0.4, 0.5) is 8.78 Å². The second-order valence-corrected chi connectivity index (χ2v) is 6.17. The lowest BCUT2D eigenvalue weighted by Gasteiger charge is -2.20. The molecule has 1 heterocycles. The summed E-state index contributed by atoms with van der Waals surface area (Å²) in [6.07, 6.45) is -1.01. The van der Waals surface area contributed by atoms with E-state index >= 15 is 0 Å². The minimum Gasteiger partial charge on any atom is -0.480 e. The van der Waals surface area contributed by atoms with Gasteiger partial charge in [-0.05, 0) is 12.1 Å². The van der Waals surface area contributed by atoms with Crippen LogP contribution >= 0.6 is 0 Å². The highest BCUT2D eigenvalue weighted by Gasteiger charge is 2.53. The molecule has 1 N–H and O–H groups in total. The molecule has 2 rings (SSSR count). The van der Waals surface area contributed by atoms with E-state index in [0.717, 1.165) is 0 Å². The van der Waals surface area contributed by atoms with Gasteiger partial charge in [0.2, 0.25) is 10.0 Å². The SMILES string of the molecule is O=C(O)[C@@H]1CC(F)(F)CN1S(=O)(=O)c1ccccc1. The Morgan fingerprint density at radius 1 is 1.32 bits per heavy atom. The molecule has 0 unspecified atom stereocenters. The second kappa shape index (κ2) is 4.53. The monoisotopic (exact) mass is 291 g/mol. The first kappa shape index (κ1) is 13.9. The fourth-order valence-electron chi connectivity index (χ4n) is 1.98. The summed E-state index contributed by atoms with van der Waals surface area (Å²) < 4.78 is 51.2. The number of sulfonamides is 1. The molecule has 19 heavy (non-hydrogen) atoms. The van der Waals surface area contributed by atoms with Gasteiger partial charge < -0.3 is 5.11 Å². The zero-order valence-electron chi connectivity index (χ0n) is 9.66. The molecular weight excluding hydrogens is 280 g/mol. The number of halogens is 2. The highest BCUT2D eigenvalue weighted by atomic mass is 32.2. The first-order valence-corrected chi connectivity index (χ1v) is 6.85. The van der Waals surface area contributed by atoms with Crippen LogP contribution in [0.15, 0.2) is 35.2 Å². The number of carboxylic acids is 1. The van der Waals surface area contributed by atoms with Crippen molar-refractivity contribution in [3.8, 4) is 0 Å². The molecule has 0 amide bonds. The zero-order chi connectivity index (χ0) is 14.3. The molecule has 0 aliphatic carbocycles. The van der Waals surface area contributed by atoms with E-state index in [9.17, 15) is 22.0 Å². The Labute approximate surface area is 108 Å². The van der Waals surface area contributed by atoms with Crippen molar-refractivity contribution in [2.75, 3.05) is 6.54 Å². The van der Waals surface area contributed by atoms with Crippen molar-refractivity contribution in [1.82, 2.24) is 4.31 Å². The summed E-state index contributed by atoms with van der Waals surface area (Å²) in [5.74, 6) is -4.90. The third kappa shape index (κ3) is 2.59. The average Bonchev–Trinajstić information content (AvgIpc) is 2.67. The molecule has 1 aliphatic heterocycles. The van der Waals surface area contributed by atoms with Gasteiger partial charge in [-0.1, -0.05) is 18.2 Å². The van der Waals surface area contributed by atoms with Gasteiger partial charge in [0.1, 0.15) is 6.04 Å². The summed E-state index contributed by atoms with van der Waals surface area (Å²) in [6, 6.07) is 5.20. The van der Waals surface area contributed by atoms with Crippen molar-refractivity contribution < 1.29 is 27.1 Å². The van der Waals surface area contributed by atoms with Crippen molar-refractivity contribution in [1.29, 1.82) is 0 Å². The summed E-state index contributed by atoms with van der Waals surface area (Å²) in [5, 5.41) is 8.89. The molecule has 1 aromatic rings. The largest absolute Gasteiger partial charge is 0.480 e. The summed E-state index contributed by atoms with van der Waals surface area (Å²) in [7, 11) is -4.23. The van der Waals surface area contributed by atoms with Crippen LogP contribution in [0.3, 0.4) is 0 Å². The topological polar surface area (TPSA) is 74.7 Å². The third-order valence-electron chi connectivity index (χ3n) is 2.86. The van der Waals surface area contributed by atoms with E-state index in [1.165, 1.54) is 24.3 Å². The van der Waals surface area contributed by atoms with E-state index in [0.29, 0.717) is 4.31 Å². The van der Waals surface area contributed by atoms with Crippen LogP contribution in [0.2, 0.25) is 0 Å². The van der Waals surface area contributed by atoms with E-state index in [2.05, 4.69) is 0 Å². The van der Waals surface area contributed by atoms with E-state index in [4.69, 9.17) is 5.11 Å². The molecule has 1 saturated heterocycles. The van der Waals surface area contributed by atoms with Crippen molar-refractivity contribution in [2.45, 2.75) is 23.3 Å². The fraction of sp³-hybridized carbons (Fsp3) is 0.364. The van der Waals surface area contributed by atoms with Gasteiger partial charge in [0.05, 0.1) is 11.4 Å². The van der Waals surface area contributed by atoms with Gasteiger partial charge in [0.15, 0.2) is 0 Å². The Morgan fingerprint density at radius 2 is 1.89 bits per heavy atom. The highest BCUT2D eigenvalue weighted by molar-refractivity contribution is 7.89. The molecular formula is C11H11F2NO4S. The molecule has 5 nitrogen and oxygen atoms in total. The van der Waals surface area contributed by atoms with Crippen molar-refractivity contribution in [3.05, 3.63) is 30.3 Å². The van der Waals surface area contributed by atoms with Gasteiger partial charge in [-0.25, -0.2) is 17.2 Å². The smallest absolute Gasteiger partial charge is 0.322 e. The number of alkyl halides is 2. The van der Waals surface area contributed by atoms with Crippen LogP contribution in [0, 0.1) is 0 Å². The number of carboxylic acid groups (broad SMARTS) is 1. The lowest BCUT2D eigenvalue weighted by atomic mass is 10.2. The van der Waals surface area contributed by atoms with Crippen molar-refractivity contribution >= 4 is 16.0 Å². The number of aliphatic carboxylic acids is 1. The lowest BCUT2D eigenvalue weighted by Crippen LogP contribution is -2.40. The predicted molar refractivity (Wildman–Crippen MR) is 61.3 cm³/mol. The van der Waals surface area contributed by atoms with E-state index in [-0.39, 0.29) is 4.90 Å². The summed E-state index contributed by atoms with van der Waals surface area (Å²) in [4.78, 5) is 10.7. The first-order valence-electron chi connectivity index (χ1n) is 5.41. The number of nitrogens with zero attached hydrogens (tertiary/aromatic N) is 1. The average molecular weight is 291 g/mol. The molecule has 1 fully saturated rings. The van der Waals surface area contributed by atoms with E-state index < -0.39 is 40.9 Å². The number of hydrogen-bond donors (Lipinski definition) is 1. The van der Waals surface area contributed by atoms with Gasteiger partial charge in [-0.3, -0.25) is 4.79 Å². The van der Waals surface area contributed by atoms with Crippen molar-refractivity contribution in [3.63, 3.8) is 0 Å². The lowest BCUT2D eigenvalue weighted by molar-refractivity contribution is -0.141. The molecule has 0 saturated carbocycles. The number of hydrogen-bond acceptors (Lipinski definition) is 3. The Hall–Kier alpha value is -1.54. The third-order valence-corrected chi connectivity index (χ3v) is 4.73. The first-order chi connectivity index (χ1) is 8.74. The molecule has 0 spiro atoms. The standard InChI is InChI=1S/C11H11F2NO4S/c12-11(13)6-9(10(15)16)14(7-11)19(17,18)8-4-2-1-3-5-8/h1-5,9H,6-7H2,(H,15,16)/t9-/m0/s1. The van der Waals surface area contributed by atoms with Gasteiger partial charge in [-0.2, -0.15) is 4.31 Å². The number of carbonyl (C=O) groups is 1. The minimum absolute atomic E-state index is 0.195. The highest BCUT2D eigenvalue weighted by Crippen LogP contribution is 2.35. The Morgan fingerprint density at radius 3 is 2.42 bits per heavy atom. The molecule has 0 aromatic heterocycles. The zero-order valence-corrected chi connectivity index (χ0v) is 10.5. The second-order valence-electron chi connectivity index (χ2n) is 4.28. The van der Waals surface area contributed by atoms with Crippen LogP contribution in [-0.2, 0) is 14.8 Å². The molecule has 1 aromatic carbocycles. The molecule has 104 valence electrons. The summed E-state index contributed by atoms with van der Waals surface area (Å²) in [5.41, 5.74) is 0. The Balaban J connectivity index is 2.42. The Bertz CT molecular complexity index is 588. The van der Waals surface area contributed by atoms with Crippen molar-refractivity contribution in [2.24, 2.45) is 0 Å². The fourth-order valence-corrected chi connectivity index (χ4v) is 3.61. The normalized spacial score (nSPS) is 23.4. The minimum atomic E-state index is -4.23. The predicted octanol–water partition coefficient (Wildman–Crippen LogP) is 1.17. The maximum atomic E-state index is 13.3. The van der Waals surface area contributed by atoms with Gasteiger partial charge in [0, 0.05) is 6.42 Å². The maximum Gasteiger partial charge on any atom is 0.322 e. The van der Waals surface area contributed by atoms with E-state index in [1.54, 1.807) is 6.07 Å². The molecule has 1 aliphatic rings. The van der Waals surface area contributed by atoms with Crippen LogP contribution in [-0.4, -0.2) is 42.3 Å². The quantitative estimate of drug-likeness (QED) is 0.907. The van der Waals surface area contributed by atoms with E-state index in [1.807, 2.05) is 0 Å². The van der Waals surface area contributed by atoms with Gasteiger partial charge >= 0.3 is 5.97 Å². The maximum absolute atomic E-state index is 13.3. The molecule has 1 atom stereocenters. The van der Waals surface area contributed by atoms with Crippen LogP contribution in [0.25, 0.3) is 0 Å². The van der Waals surface area contributed by atoms with Crippen LogP contribution < -0.4 is 0 Å². The summed E-state index contributed by atoms with van der Waals surface area (Å²) >= 11 is 0.